The van der Waals surface area contributed by atoms with E-state index in [1.807, 2.05) is 7.05 Å². The molecule has 0 atom stereocenters. The van der Waals surface area contributed by atoms with E-state index in [1.54, 1.807) is 0 Å². The van der Waals surface area contributed by atoms with Crippen LogP contribution in [0, 0.1) is 0 Å². The van der Waals surface area contributed by atoms with Gasteiger partial charge in [-0.05, 0) is 51.3 Å². The van der Waals surface area contributed by atoms with Crippen LogP contribution in [0.2, 0.25) is 0 Å². The van der Waals surface area contributed by atoms with Crippen molar-refractivity contribution in [1.82, 2.24) is 10.6 Å². The van der Waals surface area contributed by atoms with Crippen LogP contribution in [0.1, 0.15) is 39.2 Å². The Morgan fingerprint density at radius 2 is 2.00 bits per heavy atom. The lowest BCUT2D eigenvalue weighted by molar-refractivity contribution is 0.497. The Morgan fingerprint density at radius 3 is 2.48 bits per heavy atom. The van der Waals surface area contributed by atoms with Crippen LogP contribution in [-0.2, 0) is 5.41 Å². The van der Waals surface area contributed by atoms with Crippen molar-refractivity contribution in [3.8, 4) is 0 Å². The first-order chi connectivity index (χ1) is 9.35. The number of aliphatic imine (C=N–C) groups is 1. The highest BCUT2D eigenvalue weighted by Crippen LogP contribution is 2.48. The number of halogens is 2. The lowest BCUT2D eigenvalue weighted by Gasteiger charge is -2.25. The van der Waals surface area contributed by atoms with E-state index < -0.39 is 0 Å². The second kappa shape index (κ2) is 7.31. The van der Waals surface area contributed by atoms with Gasteiger partial charge in [0.25, 0.3) is 0 Å². The minimum Gasteiger partial charge on any atom is -0.356 e. The molecule has 0 aromatic heterocycles. The first-order valence-electron chi connectivity index (χ1n) is 7.10. The molecule has 1 aliphatic rings. The summed E-state index contributed by atoms with van der Waals surface area (Å²) in [5.74, 6) is 0.874. The first-order valence-corrected chi connectivity index (χ1v) is 7.89. The van der Waals surface area contributed by atoms with Crippen LogP contribution < -0.4 is 10.6 Å². The highest BCUT2D eigenvalue weighted by molar-refractivity contribution is 14.0. The van der Waals surface area contributed by atoms with E-state index in [1.165, 1.54) is 18.4 Å². The number of hydrogen-bond donors (Lipinski definition) is 2. The predicted octanol–water partition coefficient (Wildman–Crippen LogP) is 4.06. The Labute approximate surface area is 153 Å². The minimum absolute atomic E-state index is 0. The lowest BCUT2D eigenvalue weighted by atomic mass is 9.96. The minimum atomic E-state index is 0. The first kappa shape index (κ1) is 18.7. The third kappa shape index (κ3) is 5.43. The molecule has 1 saturated carbocycles. The number of nitrogens with zero attached hydrogens (tertiary/aromatic N) is 1. The Hall–Kier alpha value is -0.300. The van der Waals surface area contributed by atoms with Gasteiger partial charge in [0.2, 0.25) is 0 Å². The van der Waals surface area contributed by atoms with E-state index >= 15 is 0 Å². The molecule has 0 heterocycles. The summed E-state index contributed by atoms with van der Waals surface area (Å²) in [6.45, 7) is 7.35. The largest absolute Gasteiger partial charge is 0.356 e. The molecule has 1 fully saturated rings. The summed E-state index contributed by atoms with van der Waals surface area (Å²) in [5, 5.41) is 6.87. The molecule has 0 bridgehead atoms. The molecule has 118 valence electrons. The average molecular weight is 466 g/mol. The quantitative estimate of drug-likeness (QED) is 0.401. The predicted molar refractivity (Wildman–Crippen MR) is 105 cm³/mol. The molecule has 21 heavy (non-hydrogen) atoms. The molecule has 5 heteroatoms. The molecule has 2 N–H and O–H groups in total. The molecule has 0 amide bonds. The fourth-order valence-corrected chi connectivity index (χ4v) is 2.72. The van der Waals surface area contributed by atoms with Crippen LogP contribution in [-0.4, -0.2) is 25.1 Å². The normalized spacial score (nSPS) is 16.9. The van der Waals surface area contributed by atoms with Gasteiger partial charge in [-0.3, -0.25) is 4.99 Å². The number of guanidine groups is 1. The third-order valence-electron chi connectivity index (χ3n) is 3.60. The highest BCUT2D eigenvalue weighted by atomic mass is 127. The zero-order chi connectivity index (χ0) is 14.8. The second-order valence-electron chi connectivity index (χ2n) is 6.59. The zero-order valence-corrected chi connectivity index (χ0v) is 17.1. The molecule has 1 aliphatic carbocycles. The summed E-state index contributed by atoms with van der Waals surface area (Å²) in [6.07, 6.45) is 2.48. The van der Waals surface area contributed by atoms with Crippen molar-refractivity contribution >= 4 is 45.9 Å². The summed E-state index contributed by atoms with van der Waals surface area (Å²) in [7, 11) is 1.82. The molecule has 0 radical (unpaired) electrons. The molecule has 0 unspecified atom stereocenters. The van der Waals surface area contributed by atoms with Gasteiger partial charge in [0.15, 0.2) is 5.96 Å². The standard InChI is InChI=1S/C16H24BrN3.HI/c1-15(2,3)20-14(18-4)19-11-16(8-9-16)12-6-5-7-13(17)10-12;/h5-7,10H,8-9,11H2,1-4H3,(H2,18,19,20);1H. The number of rotatable bonds is 3. The molecule has 1 aromatic carbocycles. The van der Waals surface area contributed by atoms with Crippen molar-refractivity contribution in [3.63, 3.8) is 0 Å². The summed E-state index contributed by atoms with van der Waals surface area (Å²) in [4.78, 5) is 4.30. The second-order valence-corrected chi connectivity index (χ2v) is 7.51. The Balaban J connectivity index is 0.00000220. The smallest absolute Gasteiger partial charge is 0.191 e. The summed E-state index contributed by atoms with van der Waals surface area (Å²) >= 11 is 3.56. The Bertz CT molecular complexity index is 504. The maximum atomic E-state index is 4.30. The zero-order valence-electron chi connectivity index (χ0n) is 13.2. The van der Waals surface area contributed by atoms with Crippen LogP contribution in [0.15, 0.2) is 33.7 Å². The molecular formula is C16H25BrIN3. The van der Waals surface area contributed by atoms with E-state index in [-0.39, 0.29) is 34.9 Å². The van der Waals surface area contributed by atoms with Gasteiger partial charge in [0.05, 0.1) is 0 Å². The van der Waals surface area contributed by atoms with Crippen LogP contribution in [0.3, 0.4) is 0 Å². The molecule has 2 rings (SSSR count). The van der Waals surface area contributed by atoms with Gasteiger partial charge in [-0.15, -0.1) is 24.0 Å². The SMILES string of the molecule is CN=C(NCC1(c2cccc(Br)c2)CC1)NC(C)(C)C.I. The number of hydrogen-bond acceptors (Lipinski definition) is 1. The molecule has 0 aliphatic heterocycles. The van der Waals surface area contributed by atoms with Crippen molar-refractivity contribution in [2.75, 3.05) is 13.6 Å². The fraction of sp³-hybridized carbons (Fsp3) is 0.562. The topological polar surface area (TPSA) is 36.4 Å². The van der Waals surface area contributed by atoms with E-state index in [0.717, 1.165) is 17.0 Å². The van der Waals surface area contributed by atoms with Gasteiger partial charge in [-0.2, -0.15) is 0 Å². The van der Waals surface area contributed by atoms with Gasteiger partial charge < -0.3 is 10.6 Å². The van der Waals surface area contributed by atoms with Crippen LogP contribution >= 0.6 is 39.9 Å². The molecule has 1 aromatic rings. The van der Waals surface area contributed by atoms with E-state index in [2.05, 4.69) is 76.6 Å². The van der Waals surface area contributed by atoms with Crippen LogP contribution in [0.25, 0.3) is 0 Å². The van der Waals surface area contributed by atoms with Crippen molar-refractivity contribution in [1.29, 1.82) is 0 Å². The van der Waals surface area contributed by atoms with Crippen LogP contribution in [0.4, 0.5) is 0 Å². The van der Waals surface area contributed by atoms with Crippen molar-refractivity contribution in [2.24, 2.45) is 4.99 Å². The third-order valence-corrected chi connectivity index (χ3v) is 4.10. The van der Waals surface area contributed by atoms with Gasteiger partial charge in [-0.25, -0.2) is 0 Å². The Morgan fingerprint density at radius 1 is 1.33 bits per heavy atom. The average Bonchev–Trinajstić information content (AvgIpc) is 3.14. The highest BCUT2D eigenvalue weighted by Gasteiger charge is 2.44. The van der Waals surface area contributed by atoms with Crippen molar-refractivity contribution < 1.29 is 0 Å². The van der Waals surface area contributed by atoms with Gasteiger partial charge in [0, 0.05) is 29.0 Å². The van der Waals surface area contributed by atoms with E-state index in [0.29, 0.717) is 0 Å². The lowest BCUT2D eigenvalue weighted by Crippen LogP contribution is -2.49. The number of benzene rings is 1. The van der Waals surface area contributed by atoms with Crippen LogP contribution in [0.5, 0.6) is 0 Å². The monoisotopic (exact) mass is 465 g/mol. The molecular weight excluding hydrogens is 441 g/mol. The van der Waals surface area contributed by atoms with Crippen molar-refractivity contribution in [2.45, 2.75) is 44.6 Å². The summed E-state index contributed by atoms with van der Waals surface area (Å²) in [6, 6.07) is 8.64. The maximum absolute atomic E-state index is 4.30. The molecule has 3 nitrogen and oxygen atoms in total. The van der Waals surface area contributed by atoms with E-state index in [9.17, 15) is 0 Å². The summed E-state index contributed by atoms with van der Waals surface area (Å²) in [5.41, 5.74) is 1.71. The van der Waals surface area contributed by atoms with Gasteiger partial charge >= 0.3 is 0 Å². The fourth-order valence-electron chi connectivity index (χ4n) is 2.32. The van der Waals surface area contributed by atoms with Gasteiger partial charge in [-0.1, -0.05) is 28.1 Å². The Kier molecular flexibility index (Phi) is 6.53. The summed E-state index contributed by atoms with van der Waals surface area (Å²) < 4.78 is 1.15. The number of nitrogens with one attached hydrogen (secondary N) is 2. The molecule has 0 spiro atoms. The van der Waals surface area contributed by atoms with Gasteiger partial charge in [0.1, 0.15) is 0 Å². The molecule has 0 saturated heterocycles. The van der Waals surface area contributed by atoms with Crippen molar-refractivity contribution in [3.05, 3.63) is 34.3 Å². The van der Waals surface area contributed by atoms with E-state index in [4.69, 9.17) is 0 Å². The maximum Gasteiger partial charge on any atom is 0.191 e.